The number of benzene rings is 2. The van der Waals surface area contributed by atoms with Gasteiger partial charge in [-0.1, -0.05) is 43.7 Å². The molecule has 2 rings (SSSR count). The minimum atomic E-state index is 0.736. The number of unbranched alkanes of at least 4 members (excludes halogenated alkanes) is 1. The number of hydrogen-bond donors (Lipinski definition) is 1. The van der Waals surface area contributed by atoms with Crippen LogP contribution in [-0.4, -0.2) is 6.61 Å². The van der Waals surface area contributed by atoms with Crippen molar-refractivity contribution >= 4 is 5.69 Å². The number of hydrogen-bond acceptors (Lipinski definition) is 2. The van der Waals surface area contributed by atoms with Crippen molar-refractivity contribution in [3.05, 3.63) is 48.5 Å². The van der Waals surface area contributed by atoms with Gasteiger partial charge < -0.3 is 10.5 Å². The standard InChI is InChI=1S/C16H19NO/c1-2-3-11-18-16-12-14(17)9-10-15(16)13-7-5-4-6-8-13/h4-10,12H,2-3,11,17H2,1H3. The second kappa shape index (κ2) is 6.10. The lowest BCUT2D eigenvalue weighted by atomic mass is 10.0. The van der Waals surface area contributed by atoms with Gasteiger partial charge in [0, 0.05) is 17.3 Å². The van der Waals surface area contributed by atoms with Crippen LogP contribution >= 0.6 is 0 Å². The van der Waals surface area contributed by atoms with Crippen molar-refractivity contribution in [2.75, 3.05) is 12.3 Å². The van der Waals surface area contributed by atoms with E-state index in [1.807, 2.05) is 36.4 Å². The zero-order valence-corrected chi connectivity index (χ0v) is 10.7. The number of anilines is 1. The summed E-state index contributed by atoms with van der Waals surface area (Å²) in [6.07, 6.45) is 2.19. The maximum atomic E-state index is 5.83. The molecule has 0 heterocycles. The fourth-order valence-corrected chi connectivity index (χ4v) is 1.84. The first-order valence-electron chi connectivity index (χ1n) is 6.39. The zero-order valence-electron chi connectivity index (χ0n) is 10.7. The van der Waals surface area contributed by atoms with E-state index in [1.54, 1.807) is 0 Å². The maximum Gasteiger partial charge on any atom is 0.129 e. The van der Waals surface area contributed by atoms with Crippen molar-refractivity contribution in [1.29, 1.82) is 0 Å². The third kappa shape index (κ3) is 3.04. The summed E-state index contributed by atoms with van der Waals surface area (Å²) >= 11 is 0. The fraction of sp³-hybridized carbons (Fsp3) is 0.250. The van der Waals surface area contributed by atoms with Crippen molar-refractivity contribution in [2.45, 2.75) is 19.8 Å². The number of rotatable bonds is 5. The first-order chi connectivity index (χ1) is 8.81. The molecule has 0 atom stereocenters. The lowest BCUT2D eigenvalue weighted by Crippen LogP contribution is -1.99. The van der Waals surface area contributed by atoms with Gasteiger partial charge in [-0.2, -0.15) is 0 Å². The van der Waals surface area contributed by atoms with Crippen LogP contribution in [0.15, 0.2) is 48.5 Å². The van der Waals surface area contributed by atoms with Gasteiger partial charge >= 0.3 is 0 Å². The lowest BCUT2D eigenvalue weighted by molar-refractivity contribution is 0.311. The highest BCUT2D eigenvalue weighted by Crippen LogP contribution is 2.31. The van der Waals surface area contributed by atoms with Gasteiger partial charge in [0.1, 0.15) is 5.75 Å². The molecule has 0 spiro atoms. The topological polar surface area (TPSA) is 35.2 Å². The van der Waals surface area contributed by atoms with Gasteiger partial charge in [0.25, 0.3) is 0 Å². The predicted octanol–water partition coefficient (Wildman–Crippen LogP) is 4.11. The van der Waals surface area contributed by atoms with Crippen LogP contribution in [0.3, 0.4) is 0 Å². The Labute approximate surface area is 108 Å². The Morgan fingerprint density at radius 1 is 1.06 bits per heavy atom. The summed E-state index contributed by atoms with van der Waals surface area (Å²) in [4.78, 5) is 0. The largest absolute Gasteiger partial charge is 0.493 e. The van der Waals surface area contributed by atoms with Crippen molar-refractivity contribution < 1.29 is 4.74 Å². The van der Waals surface area contributed by atoms with Gasteiger partial charge in [-0.05, 0) is 24.1 Å². The fourth-order valence-electron chi connectivity index (χ4n) is 1.84. The molecule has 2 nitrogen and oxygen atoms in total. The molecule has 0 bridgehead atoms. The van der Waals surface area contributed by atoms with E-state index in [9.17, 15) is 0 Å². The average molecular weight is 241 g/mol. The number of ether oxygens (including phenoxy) is 1. The van der Waals surface area contributed by atoms with E-state index in [1.165, 1.54) is 0 Å². The molecular weight excluding hydrogens is 222 g/mol. The molecule has 0 fully saturated rings. The Morgan fingerprint density at radius 3 is 2.56 bits per heavy atom. The Hall–Kier alpha value is -1.96. The highest BCUT2D eigenvalue weighted by molar-refractivity contribution is 5.72. The zero-order chi connectivity index (χ0) is 12.8. The van der Waals surface area contributed by atoms with Crippen molar-refractivity contribution in [2.24, 2.45) is 0 Å². The molecule has 94 valence electrons. The Kier molecular flexibility index (Phi) is 4.24. The van der Waals surface area contributed by atoms with Crippen LogP contribution in [0.25, 0.3) is 11.1 Å². The number of nitrogen functional groups attached to an aromatic ring is 1. The van der Waals surface area contributed by atoms with Crippen molar-refractivity contribution in [3.63, 3.8) is 0 Å². The summed E-state index contributed by atoms with van der Waals surface area (Å²) in [5.41, 5.74) is 8.82. The summed E-state index contributed by atoms with van der Waals surface area (Å²) < 4.78 is 5.83. The van der Waals surface area contributed by atoms with Crippen molar-refractivity contribution in [3.8, 4) is 16.9 Å². The molecule has 2 aromatic carbocycles. The third-order valence-corrected chi connectivity index (χ3v) is 2.85. The van der Waals surface area contributed by atoms with E-state index in [0.717, 1.165) is 42.0 Å². The minimum absolute atomic E-state index is 0.736. The van der Waals surface area contributed by atoms with Crippen LogP contribution in [0.1, 0.15) is 19.8 Å². The number of nitrogens with two attached hydrogens (primary N) is 1. The smallest absolute Gasteiger partial charge is 0.129 e. The van der Waals surface area contributed by atoms with Crippen LogP contribution in [0.5, 0.6) is 5.75 Å². The van der Waals surface area contributed by atoms with E-state index in [-0.39, 0.29) is 0 Å². The molecule has 0 aliphatic rings. The quantitative estimate of drug-likeness (QED) is 0.631. The van der Waals surface area contributed by atoms with E-state index in [4.69, 9.17) is 10.5 Å². The molecular formula is C16H19NO. The lowest BCUT2D eigenvalue weighted by Gasteiger charge is -2.12. The van der Waals surface area contributed by atoms with Crippen LogP contribution in [0.2, 0.25) is 0 Å². The Morgan fingerprint density at radius 2 is 1.83 bits per heavy atom. The molecule has 0 unspecified atom stereocenters. The van der Waals surface area contributed by atoms with Gasteiger partial charge in [0.2, 0.25) is 0 Å². The summed E-state index contributed by atoms with van der Waals surface area (Å²) in [6, 6.07) is 16.1. The minimum Gasteiger partial charge on any atom is -0.493 e. The summed E-state index contributed by atoms with van der Waals surface area (Å²) in [7, 11) is 0. The first kappa shape index (κ1) is 12.5. The predicted molar refractivity (Wildman–Crippen MR) is 76.7 cm³/mol. The molecule has 2 N–H and O–H groups in total. The van der Waals surface area contributed by atoms with Crippen molar-refractivity contribution in [1.82, 2.24) is 0 Å². The molecule has 0 aliphatic heterocycles. The van der Waals surface area contributed by atoms with E-state index in [2.05, 4.69) is 19.1 Å². The van der Waals surface area contributed by atoms with Gasteiger partial charge in [-0.15, -0.1) is 0 Å². The molecule has 0 aliphatic carbocycles. The SMILES string of the molecule is CCCCOc1cc(N)ccc1-c1ccccc1. The van der Waals surface area contributed by atoms with Crippen LogP contribution < -0.4 is 10.5 Å². The monoisotopic (exact) mass is 241 g/mol. The molecule has 0 saturated carbocycles. The van der Waals surface area contributed by atoms with Gasteiger partial charge in [-0.25, -0.2) is 0 Å². The molecule has 2 aromatic rings. The molecule has 18 heavy (non-hydrogen) atoms. The first-order valence-corrected chi connectivity index (χ1v) is 6.39. The third-order valence-electron chi connectivity index (χ3n) is 2.85. The second-order valence-electron chi connectivity index (χ2n) is 4.32. The highest BCUT2D eigenvalue weighted by atomic mass is 16.5. The van der Waals surface area contributed by atoms with E-state index in [0.29, 0.717) is 0 Å². The molecule has 0 amide bonds. The van der Waals surface area contributed by atoms with Gasteiger partial charge in [0.15, 0.2) is 0 Å². The van der Waals surface area contributed by atoms with Gasteiger partial charge in [0.05, 0.1) is 6.61 Å². The average Bonchev–Trinajstić information content (AvgIpc) is 2.40. The van der Waals surface area contributed by atoms with Gasteiger partial charge in [-0.3, -0.25) is 0 Å². The molecule has 0 saturated heterocycles. The normalized spacial score (nSPS) is 10.3. The molecule has 0 aromatic heterocycles. The van der Waals surface area contributed by atoms with Crippen LogP contribution in [-0.2, 0) is 0 Å². The summed E-state index contributed by atoms with van der Waals surface area (Å²) in [6.45, 7) is 2.89. The maximum absolute atomic E-state index is 5.83. The van der Waals surface area contributed by atoms with Crippen LogP contribution in [0, 0.1) is 0 Å². The van der Waals surface area contributed by atoms with E-state index >= 15 is 0 Å². The Balaban J connectivity index is 2.29. The van der Waals surface area contributed by atoms with Crippen LogP contribution in [0.4, 0.5) is 5.69 Å². The highest BCUT2D eigenvalue weighted by Gasteiger charge is 2.06. The Bertz CT molecular complexity index is 494. The van der Waals surface area contributed by atoms with E-state index < -0.39 is 0 Å². The second-order valence-corrected chi connectivity index (χ2v) is 4.32. The molecule has 0 radical (unpaired) electrons. The summed E-state index contributed by atoms with van der Waals surface area (Å²) in [5, 5.41) is 0. The molecule has 2 heteroatoms. The summed E-state index contributed by atoms with van der Waals surface area (Å²) in [5.74, 6) is 0.870.